The van der Waals surface area contributed by atoms with E-state index in [9.17, 15) is 4.79 Å². The van der Waals surface area contributed by atoms with E-state index in [0.717, 1.165) is 36.5 Å². The van der Waals surface area contributed by atoms with E-state index >= 15 is 0 Å². The zero-order chi connectivity index (χ0) is 19.5. The molecule has 1 fully saturated rings. The Bertz CT molecular complexity index is 973. The van der Waals surface area contributed by atoms with Crippen LogP contribution >= 0.6 is 0 Å². The Morgan fingerprint density at radius 2 is 1.82 bits per heavy atom. The van der Waals surface area contributed by atoms with Crippen molar-refractivity contribution in [2.75, 3.05) is 20.2 Å². The van der Waals surface area contributed by atoms with Crippen molar-refractivity contribution in [3.8, 4) is 28.1 Å². The molecule has 0 radical (unpaired) electrons. The quantitative estimate of drug-likeness (QED) is 0.708. The number of methoxy groups -OCH3 is 1. The van der Waals surface area contributed by atoms with Crippen LogP contribution in [-0.2, 0) is 6.54 Å². The number of hydrogen-bond acceptors (Lipinski definition) is 5. The van der Waals surface area contributed by atoms with Gasteiger partial charge >= 0.3 is 0 Å². The van der Waals surface area contributed by atoms with E-state index in [2.05, 4.69) is 34.3 Å². The second-order valence-electron chi connectivity index (χ2n) is 7.02. The van der Waals surface area contributed by atoms with Gasteiger partial charge in [0.15, 0.2) is 0 Å². The van der Waals surface area contributed by atoms with E-state index in [0.29, 0.717) is 5.69 Å². The van der Waals surface area contributed by atoms with Crippen molar-refractivity contribution in [3.63, 3.8) is 0 Å². The molecule has 2 aromatic carbocycles. The summed E-state index contributed by atoms with van der Waals surface area (Å²) in [5, 5.41) is 3.92. The number of carbonyl (C=O) groups excluding carboxylic acids is 1. The molecule has 28 heavy (non-hydrogen) atoms. The monoisotopic (exact) mass is 377 g/mol. The largest absolute Gasteiger partial charge is 0.497 e. The maximum Gasteiger partial charge on any atom is 0.287 e. The van der Waals surface area contributed by atoms with Crippen LogP contribution in [0.15, 0.2) is 53.1 Å². The normalized spacial score (nSPS) is 14.3. The number of nitrogens with two attached hydrogens (primary N) is 1. The second-order valence-corrected chi connectivity index (χ2v) is 7.02. The highest BCUT2D eigenvalue weighted by Crippen LogP contribution is 2.31. The second kappa shape index (κ2) is 7.86. The molecule has 144 valence electrons. The third-order valence-corrected chi connectivity index (χ3v) is 5.15. The minimum atomic E-state index is -0.625. The Kier molecular flexibility index (Phi) is 5.12. The van der Waals surface area contributed by atoms with Gasteiger partial charge < -0.3 is 15.0 Å². The summed E-state index contributed by atoms with van der Waals surface area (Å²) in [6, 6.07) is 15.9. The van der Waals surface area contributed by atoms with E-state index < -0.39 is 5.91 Å². The van der Waals surface area contributed by atoms with Crippen molar-refractivity contribution < 1.29 is 14.1 Å². The molecule has 6 heteroatoms. The number of aromatic nitrogens is 1. The molecule has 1 aliphatic rings. The summed E-state index contributed by atoms with van der Waals surface area (Å²) in [5.74, 6) is 0.304. The van der Waals surface area contributed by atoms with Gasteiger partial charge in [0, 0.05) is 18.2 Å². The number of ether oxygens (including phenoxy) is 1. The molecule has 1 aliphatic heterocycles. The van der Waals surface area contributed by atoms with Crippen LogP contribution in [0.3, 0.4) is 0 Å². The first-order chi connectivity index (χ1) is 13.6. The average molecular weight is 377 g/mol. The highest BCUT2D eigenvalue weighted by atomic mass is 16.5. The van der Waals surface area contributed by atoms with Gasteiger partial charge in [-0.15, -0.1) is 0 Å². The summed E-state index contributed by atoms with van der Waals surface area (Å²) in [4.78, 5) is 13.7. The van der Waals surface area contributed by atoms with Crippen molar-refractivity contribution in [3.05, 3.63) is 59.9 Å². The number of likely N-dealkylation sites (tertiary alicyclic amines) is 1. The highest BCUT2D eigenvalue weighted by Gasteiger charge is 2.16. The third kappa shape index (κ3) is 3.77. The number of rotatable bonds is 6. The zero-order valence-corrected chi connectivity index (χ0v) is 15.9. The van der Waals surface area contributed by atoms with E-state index in [-0.39, 0.29) is 5.76 Å². The van der Waals surface area contributed by atoms with Crippen LogP contribution in [-0.4, -0.2) is 36.2 Å². The lowest BCUT2D eigenvalue weighted by atomic mass is 9.97. The van der Waals surface area contributed by atoms with Crippen molar-refractivity contribution >= 4 is 5.91 Å². The number of nitrogens with zero attached hydrogens (tertiary/aromatic N) is 2. The molecule has 0 atom stereocenters. The summed E-state index contributed by atoms with van der Waals surface area (Å²) in [5.41, 5.74) is 10.3. The third-order valence-electron chi connectivity index (χ3n) is 5.15. The predicted octanol–water partition coefficient (Wildman–Crippen LogP) is 3.71. The number of benzene rings is 2. The lowest BCUT2D eigenvalue weighted by Crippen LogP contribution is -2.18. The standard InChI is InChI=1S/C22H23N3O3/c1-27-18-8-9-19(17(12-18)14-25-10-2-3-11-25)15-4-6-16(7-5-15)20-13-21(22(23)26)28-24-20/h4-9,12-13H,2-3,10-11,14H2,1H3,(H2,23,26). The van der Waals surface area contributed by atoms with E-state index in [1.165, 1.54) is 24.0 Å². The number of hydrogen-bond donors (Lipinski definition) is 1. The maximum atomic E-state index is 11.2. The number of carbonyl (C=O) groups is 1. The number of primary amides is 1. The Labute approximate surface area is 163 Å². The summed E-state index contributed by atoms with van der Waals surface area (Å²) >= 11 is 0. The molecule has 4 rings (SSSR count). The first-order valence-electron chi connectivity index (χ1n) is 9.40. The fraction of sp³-hybridized carbons (Fsp3) is 0.273. The van der Waals surface area contributed by atoms with Gasteiger partial charge in [0.25, 0.3) is 5.91 Å². The molecule has 3 aromatic rings. The maximum absolute atomic E-state index is 11.2. The van der Waals surface area contributed by atoms with Gasteiger partial charge in [0.1, 0.15) is 11.4 Å². The van der Waals surface area contributed by atoms with Crippen molar-refractivity contribution in [2.45, 2.75) is 19.4 Å². The van der Waals surface area contributed by atoms with Gasteiger partial charge in [-0.1, -0.05) is 35.5 Å². The van der Waals surface area contributed by atoms with Crippen LogP contribution in [0.25, 0.3) is 22.4 Å². The molecule has 2 N–H and O–H groups in total. The minimum absolute atomic E-state index is 0.0575. The van der Waals surface area contributed by atoms with Crippen LogP contribution in [0.5, 0.6) is 5.75 Å². The summed E-state index contributed by atoms with van der Waals surface area (Å²) < 4.78 is 10.4. The van der Waals surface area contributed by atoms with Crippen molar-refractivity contribution in [1.82, 2.24) is 10.1 Å². The van der Waals surface area contributed by atoms with E-state index in [1.807, 2.05) is 18.2 Å². The Balaban J connectivity index is 1.63. The molecule has 0 unspecified atom stereocenters. The molecule has 0 aliphatic carbocycles. The number of amides is 1. The molecule has 6 nitrogen and oxygen atoms in total. The lowest BCUT2D eigenvalue weighted by Gasteiger charge is -2.18. The Morgan fingerprint density at radius 1 is 1.11 bits per heavy atom. The molecular formula is C22H23N3O3. The van der Waals surface area contributed by atoms with Crippen LogP contribution in [0.1, 0.15) is 29.0 Å². The van der Waals surface area contributed by atoms with E-state index in [4.69, 9.17) is 15.0 Å². The summed E-state index contributed by atoms with van der Waals surface area (Å²) in [7, 11) is 1.70. The first kappa shape index (κ1) is 18.3. The highest BCUT2D eigenvalue weighted by molar-refractivity contribution is 5.90. The molecular weight excluding hydrogens is 354 g/mol. The minimum Gasteiger partial charge on any atom is -0.497 e. The smallest absolute Gasteiger partial charge is 0.287 e. The average Bonchev–Trinajstić information content (AvgIpc) is 3.40. The Hall–Kier alpha value is -3.12. The van der Waals surface area contributed by atoms with Gasteiger partial charge in [-0.25, -0.2) is 0 Å². The van der Waals surface area contributed by atoms with Gasteiger partial charge in [-0.3, -0.25) is 9.69 Å². The molecule has 0 bridgehead atoms. The van der Waals surface area contributed by atoms with Gasteiger partial charge in [-0.05, 0) is 54.8 Å². The lowest BCUT2D eigenvalue weighted by molar-refractivity contribution is 0.0965. The first-order valence-corrected chi connectivity index (χ1v) is 9.40. The molecule has 0 spiro atoms. The fourth-order valence-electron chi connectivity index (χ4n) is 3.64. The molecule has 1 aromatic heterocycles. The molecule has 0 saturated carbocycles. The van der Waals surface area contributed by atoms with Gasteiger partial charge in [-0.2, -0.15) is 0 Å². The van der Waals surface area contributed by atoms with Crippen molar-refractivity contribution in [1.29, 1.82) is 0 Å². The van der Waals surface area contributed by atoms with Crippen LogP contribution in [0.2, 0.25) is 0 Å². The van der Waals surface area contributed by atoms with Gasteiger partial charge in [0.2, 0.25) is 5.76 Å². The summed E-state index contributed by atoms with van der Waals surface area (Å²) in [6.07, 6.45) is 2.53. The molecule has 1 saturated heterocycles. The Morgan fingerprint density at radius 3 is 2.46 bits per heavy atom. The van der Waals surface area contributed by atoms with Crippen LogP contribution in [0.4, 0.5) is 0 Å². The SMILES string of the molecule is COc1ccc(-c2ccc(-c3cc(C(N)=O)on3)cc2)c(CN2CCCC2)c1. The van der Waals surface area contributed by atoms with Crippen molar-refractivity contribution in [2.24, 2.45) is 5.73 Å². The summed E-state index contributed by atoms with van der Waals surface area (Å²) in [6.45, 7) is 3.20. The fourth-order valence-corrected chi connectivity index (χ4v) is 3.64. The predicted molar refractivity (Wildman–Crippen MR) is 107 cm³/mol. The molecule has 2 heterocycles. The molecule has 1 amide bonds. The zero-order valence-electron chi connectivity index (χ0n) is 15.9. The topological polar surface area (TPSA) is 81.6 Å². The van der Waals surface area contributed by atoms with Crippen LogP contribution < -0.4 is 10.5 Å². The van der Waals surface area contributed by atoms with Gasteiger partial charge in [0.05, 0.1) is 7.11 Å². The van der Waals surface area contributed by atoms with Crippen LogP contribution in [0, 0.1) is 0 Å². The van der Waals surface area contributed by atoms with E-state index in [1.54, 1.807) is 13.2 Å².